The first-order valence-electron chi connectivity index (χ1n) is 8.98. The number of anilines is 2. The van der Waals surface area contributed by atoms with Crippen LogP contribution in [0.25, 0.3) is 10.9 Å². The van der Waals surface area contributed by atoms with Gasteiger partial charge in [0.1, 0.15) is 5.82 Å². The summed E-state index contributed by atoms with van der Waals surface area (Å²) in [7, 11) is 0. The molecule has 1 aromatic carbocycles. The highest BCUT2D eigenvalue weighted by atomic mass is 16.1. The van der Waals surface area contributed by atoms with Crippen LogP contribution in [0.3, 0.4) is 0 Å². The molecular formula is C19H26N4O. The zero-order valence-corrected chi connectivity index (χ0v) is 14.3. The molecule has 5 nitrogen and oxygen atoms in total. The van der Waals surface area contributed by atoms with Gasteiger partial charge in [-0.3, -0.25) is 4.79 Å². The van der Waals surface area contributed by atoms with Crippen molar-refractivity contribution >= 4 is 28.5 Å². The number of benzene rings is 1. The van der Waals surface area contributed by atoms with Crippen molar-refractivity contribution in [3.8, 4) is 0 Å². The molecule has 3 N–H and O–H groups in total. The van der Waals surface area contributed by atoms with Gasteiger partial charge in [0.2, 0.25) is 5.95 Å². The second-order valence-corrected chi connectivity index (χ2v) is 6.74. The number of ketones is 1. The fourth-order valence-corrected chi connectivity index (χ4v) is 3.62. The number of nitrogens with one attached hydrogen (secondary N) is 1. The van der Waals surface area contributed by atoms with E-state index in [9.17, 15) is 4.79 Å². The molecule has 1 saturated carbocycles. The summed E-state index contributed by atoms with van der Waals surface area (Å²) < 4.78 is 0. The molecule has 5 heteroatoms. The average Bonchev–Trinajstić information content (AvgIpc) is 2.60. The molecule has 1 fully saturated rings. The van der Waals surface area contributed by atoms with Gasteiger partial charge in [-0.15, -0.1) is 0 Å². The van der Waals surface area contributed by atoms with Gasteiger partial charge in [-0.2, -0.15) is 4.98 Å². The minimum absolute atomic E-state index is 0.239. The van der Waals surface area contributed by atoms with Crippen molar-refractivity contribution in [1.29, 1.82) is 0 Å². The summed E-state index contributed by atoms with van der Waals surface area (Å²) in [6.07, 6.45) is 7.67. The summed E-state index contributed by atoms with van der Waals surface area (Å²) in [6, 6.07) is 7.79. The molecule has 0 radical (unpaired) electrons. The van der Waals surface area contributed by atoms with Crippen LogP contribution in [0, 0.1) is 0 Å². The Bertz CT molecular complexity index is 722. The number of para-hydroxylation sites is 1. The lowest BCUT2D eigenvalue weighted by Crippen LogP contribution is -2.48. The highest BCUT2D eigenvalue weighted by Gasteiger charge is 2.39. The Balaban J connectivity index is 1.97. The molecule has 3 rings (SSSR count). The summed E-state index contributed by atoms with van der Waals surface area (Å²) in [6.45, 7) is 2.12. The molecule has 128 valence electrons. The number of nitrogens with zero attached hydrogens (tertiary/aromatic N) is 2. The Morgan fingerprint density at radius 1 is 1.21 bits per heavy atom. The van der Waals surface area contributed by atoms with Gasteiger partial charge < -0.3 is 11.1 Å². The van der Waals surface area contributed by atoms with Gasteiger partial charge in [-0.1, -0.05) is 44.7 Å². The average molecular weight is 326 g/mol. The molecule has 1 aliphatic carbocycles. The van der Waals surface area contributed by atoms with Gasteiger partial charge in [0.15, 0.2) is 5.78 Å². The molecule has 1 aliphatic rings. The Hall–Kier alpha value is -2.17. The maximum absolute atomic E-state index is 13.0. The standard InChI is InChI=1S/C19H26N4O/c1-2-3-11-16(24)19(12-7-4-8-13-19)23-17-14-9-5-6-10-15(14)21-18(20)22-17/h5-6,9-10H,2-4,7-8,11-13H2,1H3,(H3,20,21,22,23). The Labute approximate surface area is 143 Å². The van der Waals surface area contributed by atoms with E-state index in [2.05, 4.69) is 22.2 Å². The van der Waals surface area contributed by atoms with E-state index in [0.29, 0.717) is 18.0 Å². The number of aromatic nitrogens is 2. The molecule has 2 aromatic rings. The summed E-state index contributed by atoms with van der Waals surface area (Å²) in [4.78, 5) is 21.7. The Morgan fingerprint density at radius 2 is 1.96 bits per heavy atom. The van der Waals surface area contributed by atoms with E-state index in [4.69, 9.17) is 5.73 Å². The van der Waals surface area contributed by atoms with Gasteiger partial charge in [0.05, 0.1) is 11.1 Å². The SMILES string of the molecule is CCCCC(=O)C1(Nc2nc(N)nc3ccccc23)CCCCC1. The molecule has 0 unspecified atom stereocenters. The number of rotatable bonds is 6. The first kappa shape index (κ1) is 16.7. The lowest BCUT2D eigenvalue weighted by Gasteiger charge is -2.37. The minimum Gasteiger partial charge on any atom is -0.368 e. The second kappa shape index (κ2) is 7.16. The van der Waals surface area contributed by atoms with Crippen LogP contribution < -0.4 is 11.1 Å². The predicted octanol–water partition coefficient (Wildman–Crippen LogP) is 4.09. The molecule has 0 atom stereocenters. The first-order chi connectivity index (χ1) is 11.6. The van der Waals surface area contributed by atoms with Crippen molar-refractivity contribution < 1.29 is 4.79 Å². The van der Waals surface area contributed by atoms with Gasteiger partial charge in [-0.25, -0.2) is 4.98 Å². The molecule has 0 spiro atoms. The molecule has 24 heavy (non-hydrogen) atoms. The zero-order valence-electron chi connectivity index (χ0n) is 14.3. The third-order valence-corrected chi connectivity index (χ3v) is 4.98. The number of nitrogens with two attached hydrogens (primary N) is 1. The van der Waals surface area contributed by atoms with Gasteiger partial charge in [-0.05, 0) is 31.4 Å². The summed E-state index contributed by atoms with van der Waals surface area (Å²) in [5, 5.41) is 4.42. The summed E-state index contributed by atoms with van der Waals surface area (Å²) in [5.74, 6) is 1.23. The van der Waals surface area contributed by atoms with E-state index in [-0.39, 0.29) is 5.95 Å². The first-order valence-corrected chi connectivity index (χ1v) is 8.98. The Kier molecular flexibility index (Phi) is 4.97. The van der Waals surface area contributed by atoms with E-state index < -0.39 is 5.54 Å². The Morgan fingerprint density at radius 3 is 2.71 bits per heavy atom. The highest BCUT2D eigenvalue weighted by molar-refractivity contribution is 5.95. The fourth-order valence-electron chi connectivity index (χ4n) is 3.62. The van der Waals surface area contributed by atoms with Crippen LogP contribution in [0.2, 0.25) is 0 Å². The molecule has 0 saturated heterocycles. The predicted molar refractivity (Wildman–Crippen MR) is 97.9 cm³/mol. The van der Waals surface area contributed by atoms with Crippen molar-refractivity contribution in [1.82, 2.24) is 9.97 Å². The van der Waals surface area contributed by atoms with Crippen LogP contribution in [-0.2, 0) is 4.79 Å². The van der Waals surface area contributed by atoms with E-state index >= 15 is 0 Å². The van der Waals surface area contributed by atoms with Crippen LogP contribution in [0.4, 0.5) is 11.8 Å². The van der Waals surface area contributed by atoms with E-state index in [1.54, 1.807) is 0 Å². The molecule has 1 heterocycles. The van der Waals surface area contributed by atoms with Crippen LogP contribution in [0.1, 0.15) is 58.3 Å². The lowest BCUT2D eigenvalue weighted by atomic mass is 9.77. The molecule has 0 bridgehead atoms. The maximum atomic E-state index is 13.0. The number of Topliss-reactive ketones (excluding diaryl/α,β-unsaturated/α-hetero) is 1. The third kappa shape index (κ3) is 3.35. The topological polar surface area (TPSA) is 80.9 Å². The largest absolute Gasteiger partial charge is 0.368 e. The molecular weight excluding hydrogens is 300 g/mol. The molecule has 1 aromatic heterocycles. The van der Waals surface area contributed by atoms with Gasteiger partial charge >= 0.3 is 0 Å². The minimum atomic E-state index is -0.503. The summed E-state index contributed by atoms with van der Waals surface area (Å²) in [5.41, 5.74) is 6.18. The highest BCUT2D eigenvalue weighted by Crippen LogP contribution is 2.35. The zero-order chi connectivity index (χ0) is 17.0. The van der Waals surface area contributed by atoms with E-state index in [1.165, 1.54) is 6.42 Å². The molecule has 0 aliphatic heterocycles. The second-order valence-electron chi connectivity index (χ2n) is 6.74. The smallest absolute Gasteiger partial charge is 0.222 e. The van der Waals surface area contributed by atoms with Crippen LogP contribution in [0.15, 0.2) is 24.3 Å². The van der Waals surface area contributed by atoms with E-state index in [1.807, 2.05) is 24.3 Å². The van der Waals surface area contributed by atoms with Crippen molar-refractivity contribution in [2.45, 2.75) is 63.8 Å². The number of unbranched alkanes of at least 4 members (excludes halogenated alkanes) is 1. The quantitative estimate of drug-likeness (QED) is 0.835. The van der Waals surface area contributed by atoms with Crippen molar-refractivity contribution in [3.05, 3.63) is 24.3 Å². The van der Waals surface area contributed by atoms with Crippen molar-refractivity contribution in [2.75, 3.05) is 11.1 Å². The van der Waals surface area contributed by atoms with Crippen molar-refractivity contribution in [2.24, 2.45) is 0 Å². The third-order valence-electron chi connectivity index (χ3n) is 4.98. The number of carbonyl (C=O) groups is 1. The van der Waals surface area contributed by atoms with Gasteiger partial charge in [0.25, 0.3) is 0 Å². The fraction of sp³-hybridized carbons (Fsp3) is 0.526. The molecule has 0 amide bonds. The van der Waals surface area contributed by atoms with Gasteiger partial charge in [0, 0.05) is 11.8 Å². The monoisotopic (exact) mass is 326 g/mol. The lowest BCUT2D eigenvalue weighted by molar-refractivity contribution is -0.124. The normalized spacial score (nSPS) is 16.9. The van der Waals surface area contributed by atoms with E-state index in [0.717, 1.165) is 49.4 Å². The number of fused-ring (bicyclic) bond motifs is 1. The van der Waals surface area contributed by atoms with Crippen LogP contribution >= 0.6 is 0 Å². The number of carbonyl (C=O) groups excluding carboxylic acids is 1. The number of hydrogen-bond donors (Lipinski definition) is 2. The number of nitrogen functional groups attached to an aromatic ring is 1. The van der Waals surface area contributed by atoms with Crippen molar-refractivity contribution in [3.63, 3.8) is 0 Å². The van der Waals surface area contributed by atoms with Crippen LogP contribution in [-0.4, -0.2) is 21.3 Å². The maximum Gasteiger partial charge on any atom is 0.222 e. The number of hydrogen-bond acceptors (Lipinski definition) is 5. The van der Waals surface area contributed by atoms with Crippen LogP contribution in [0.5, 0.6) is 0 Å². The summed E-state index contributed by atoms with van der Waals surface area (Å²) >= 11 is 0.